The molecule has 12 nitrogen and oxygen atoms in total. The zero-order valence-corrected chi connectivity index (χ0v) is 24.7. The smallest absolute Gasteiger partial charge is 0.344 e. The van der Waals surface area contributed by atoms with Gasteiger partial charge in [-0.2, -0.15) is 0 Å². The van der Waals surface area contributed by atoms with Crippen LogP contribution in [0.25, 0.3) is 0 Å². The fourth-order valence-corrected chi connectivity index (χ4v) is 4.82. The predicted molar refractivity (Wildman–Crippen MR) is 156 cm³/mol. The number of hydrogen-bond donors (Lipinski definition) is 4. The first-order chi connectivity index (χ1) is 20.4. The van der Waals surface area contributed by atoms with Crippen LogP contribution in [0.4, 0.5) is 0 Å². The Bertz CT molecular complexity index is 1280. The molecular weight excluding hydrogens is 556 g/mol. The van der Waals surface area contributed by atoms with Crippen LogP contribution in [0.15, 0.2) is 60.7 Å². The van der Waals surface area contributed by atoms with E-state index in [1.54, 1.807) is 45.0 Å². The van der Waals surface area contributed by atoms with Gasteiger partial charge < -0.3 is 35.8 Å². The topological polar surface area (TPSA) is 177 Å². The second-order valence-electron chi connectivity index (χ2n) is 11.3. The number of hydrogen-bond acceptors (Lipinski definition) is 8. The number of likely N-dealkylation sites (tertiary alicyclic amines) is 1. The number of nitrogens with two attached hydrogens (primary N) is 1. The van der Waals surface area contributed by atoms with Crippen LogP contribution in [0.5, 0.6) is 0 Å². The quantitative estimate of drug-likeness (QED) is 0.195. The van der Waals surface area contributed by atoms with Crippen molar-refractivity contribution in [3.05, 3.63) is 71.8 Å². The molecule has 0 bridgehead atoms. The second-order valence-corrected chi connectivity index (χ2v) is 11.3. The normalized spacial score (nSPS) is 17.9. The van der Waals surface area contributed by atoms with Gasteiger partial charge in [0.1, 0.15) is 17.7 Å². The first kappa shape index (κ1) is 33.2. The molecule has 0 radical (unpaired) electrons. The minimum atomic E-state index is -2.27. The van der Waals surface area contributed by atoms with Crippen molar-refractivity contribution in [2.75, 3.05) is 19.7 Å². The lowest BCUT2D eigenvalue weighted by molar-refractivity contribution is -0.181. The summed E-state index contributed by atoms with van der Waals surface area (Å²) in [4.78, 5) is 66.6. The fraction of sp³-hybridized carbons (Fsp3) is 0.452. The molecule has 1 heterocycles. The number of amides is 3. The van der Waals surface area contributed by atoms with E-state index in [-0.39, 0.29) is 45.6 Å². The average molecular weight is 597 g/mol. The monoisotopic (exact) mass is 596 g/mol. The first-order valence-electron chi connectivity index (χ1n) is 14.1. The summed E-state index contributed by atoms with van der Waals surface area (Å²) in [5.41, 5.74) is 3.75. The summed E-state index contributed by atoms with van der Waals surface area (Å²) in [6.45, 7) is 4.18. The molecule has 5 N–H and O–H groups in total. The van der Waals surface area contributed by atoms with Crippen LogP contribution >= 0.6 is 0 Å². The summed E-state index contributed by atoms with van der Waals surface area (Å²) in [5.74, 6) is -4.69. The lowest BCUT2D eigenvalue weighted by atomic mass is 9.95. The van der Waals surface area contributed by atoms with Gasteiger partial charge >= 0.3 is 11.9 Å². The number of esters is 1. The first-order valence-corrected chi connectivity index (χ1v) is 14.1. The SMILES string of the molecule is CC(C)(C)OC(=O)[C@@]1(C(=O)O)CCCN1C(=O)[C@H](COCc1ccccc1)NC(=O)[C@H](Cc1ccccc1)NC(=O)CN. The van der Waals surface area contributed by atoms with E-state index in [0.717, 1.165) is 16.0 Å². The summed E-state index contributed by atoms with van der Waals surface area (Å²) in [5, 5.41) is 15.5. The van der Waals surface area contributed by atoms with E-state index in [2.05, 4.69) is 10.6 Å². The third-order valence-corrected chi connectivity index (χ3v) is 6.87. The van der Waals surface area contributed by atoms with Crippen molar-refractivity contribution in [3.63, 3.8) is 0 Å². The van der Waals surface area contributed by atoms with Crippen molar-refractivity contribution in [3.8, 4) is 0 Å². The molecule has 2 aromatic rings. The molecule has 0 unspecified atom stereocenters. The largest absolute Gasteiger partial charge is 0.479 e. The van der Waals surface area contributed by atoms with Crippen LogP contribution < -0.4 is 16.4 Å². The van der Waals surface area contributed by atoms with Gasteiger partial charge in [-0.25, -0.2) is 9.59 Å². The van der Waals surface area contributed by atoms with E-state index in [1.807, 2.05) is 36.4 Å². The van der Waals surface area contributed by atoms with Crippen LogP contribution in [0.1, 0.15) is 44.7 Å². The van der Waals surface area contributed by atoms with Gasteiger partial charge in [0.2, 0.25) is 23.3 Å². The van der Waals surface area contributed by atoms with Crippen LogP contribution in [0.2, 0.25) is 0 Å². The van der Waals surface area contributed by atoms with Crippen LogP contribution in [-0.4, -0.2) is 82.6 Å². The molecule has 1 fully saturated rings. The number of aliphatic carboxylic acids is 1. The molecule has 0 spiro atoms. The molecule has 3 atom stereocenters. The van der Waals surface area contributed by atoms with E-state index in [0.29, 0.717) is 0 Å². The Morgan fingerprint density at radius 1 is 0.953 bits per heavy atom. The van der Waals surface area contributed by atoms with Gasteiger partial charge in [0.05, 0.1) is 19.8 Å². The van der Waals surface area contributed by atoms with Crippen LogP contribution in [0, 0.1) is 0 Å². The second kappa shape index (κ2) is 14.7. The molecule has 1 aliphatic rings. The van der Waals surface area contributed by atoms with Gasteiger partial charge in [0.25, 0.3) is 0 Å². The van der Waals surface area contributed by atoms with Crippen molar-refractivity contribution in [1.82, 2.24) is 15.5 Å². The zero-order valence-electron chi connectivity index (χ0n) is 24.7. The Kier molecular flexibility index (Phi) is 11.4. The van der Waals surface area contributed by atoms with E-state index >= 15 is 0 Å². The van der Waals surface area contributed by atoms with Gasteiger partial charge in [0.15, 0.2) is 0 Å². The van der Waals surface area contributed by atoms with Crippen LogP contribution in [-0.2, 0) is 46.5 Å². The maximum absolute atomic E-state index is 14.0. The van der Waals surface area contributed by atoms with Gasteiger partial charge in [-0.15, -0.1) is 0 Å². The average Bonchev–Trinajstić information content (AvgIpc) is 3.43. The molecule has 232 valence electrons. The minimum Gasteiger partial charge on any atom is -0.479 e. The van der Waals surface area contributed by atoms with Crippen molar-refractivity contribution in [1.29, 1.82) is 0 Å². The minimum absolute atomic E-state index is 0.0488. The summed E-state index contributed by atoms with van der Waals surface area (Å²) < 4.78 is 11.2. The Morgan fingerprint density at radius 2 is 1.56 bits per heavy atom. The Morgan fingerprint density at radius 3 is 2.12 bits per heavy atom. The van der Waals surface area contributed by atoms with Gasteiger partial charge in [0, 0.05) is 13.0 Å². The zero-order chi connectivity index (χ0) is 31.6. The Hall–Kier alpha value is -4.29. The third kappa shape index (κ3) is 8.85. The van der Waals surface area contributed by atoms with E-state index in [4.69, 9.17) is 15.2 Å². The van der Waals surface area contributed by atoms with Gasteiger partial charge in [-0.3, -0.25) is 14.4 Å². The van der Waals surface area contributed by atoms with Crippen molar-refractivity contribution in [2.45, 2.75) is 69.9 Å². The lowest BCUT2D eigenvalue weighted by Crippen LogP contribution is -2.64. The number of nitrogens with one attached hydrogen (secondary N) is 2. The third-order valence-electron chi connectivity index (χ3n) is 6.87. The number of benzene rings is 2. The molecule has 3 amide bonds. The van der Waals surface area contributed by atoms with Gasteiger partial charge in [-0.1, -0.05) is 60.7 Å². The van der Waals surface area contributed by atoms with E-state index in [9.17, 15) is 29.1 Å². The molecule has 0 saturated carbocycles. The number of rotatable bonds is 13. The Labute approximate surface area is 250 Å². The molecule has 1 aliphatic heterocycles. The highest BCUT2D eigenvalue weighted by Crippen LogP contribution is 2.33. The number of carboxylic acid groups (broad SMARTS) is 1. The maximum Gasteiger partial charge on any atom is 0.344 e. The summed E-state index contributed by atoms with van der Waals surface area (Å²) in [6.07, 6.45) is 0.175. The fourth-order valence-electron chi connectivity index (χ4n) is 4.82. The summed E-state index contributed by atoms with van der Waals surface area (Å²) >= 11 is 0. The number of carboxylic acids is 1. The van der Waals surface area contributed by atoms with Crippen LogP contribution in [0.3, 0.4) is 0 Å². The summed E-state index contributed by atoms with van der Waals surface area (Å²) in [6, 6.07) is 15.6. The van der Waals surface area contributed by atoms with Crippen molar-refractivity contribution < 1.29 is 38.6 Å². The molecule has 3 rings (SSSR count). The van der Waals surface area contributed by atoms with E-state index in [1.165, 1.54) is 0 Å². The van der Waals surface area contributed by atoms with Crippen molar-refractivity contribution >= 4 is 29.7 Å². The van der Waals surface area contributed by atoms with Gasteiger partial charge in [-0.05, 0) is 44.7 Å². The predicted octanol–water partition coefficient (Wildman–Crippen LogP) is 1.16. The highest BCUT2D eigenvalue weighted by Gasteiger charge is 2.59. The maximum atomic E-state index is 14.0. The number of carbonyl (C=O) groups excluding carboxylic acids is 4. The highest BCUT2D eigenvalue weighted by molar-refractivity contribution is 6.08. The lowest BCUT2D eigenvalue weighted by Gasteiger charge is -2.36. The molecular formula is C31H40N4O8. The van der Waals surface area contributed by atoms with E-state index < -0.39 is 52.9 Å². The Balaban J connectivity index is 1.91. The summed E-state index contributed by atoms with van der Waals surface area (Å²) in [7, 11) is 0. The molecule has 0 aliphatic carbocycles. The molecule has 2 aromatic carbocycles. The number of carbonyl (C=O) groups is 5. The molecule has 12 heteroatoms. The number of nitrogens with zero attached hydrogens (tertiary/aromatic N) is 1. The number of ether oxygens (including phenoxy) is 2. The highest BCUT2D eigenvalue weighted by atomic mass is 16.6. The molecule has 0 aromatic heterocycles. The molecule has 43 heavy (non-hydrogen) atoms. The van der Waals surface area contributed by atoms with Crippen molar-refractivity contribution in [2.24, 2.45) is 5.73 Å². The molecule has 1 saturated heterocycles. The standard InChI is InChI=1S/C31H40N4O8/c1-30(2,3)43-29(41)31(28(39)40)15-10-16-35(31)27(38)24(20-42-19-22-13-8-5-9-14-22)34-26(37)23(33-25(36)18-32)17-21-11-6-4-7-12-21/h4-9,11-14,23-24H,10,15-20,32H2,1-3H3,(H,33,36)(H,34,37)(H,39,40)/t23-,24-,31-/m0/s1.